The fraction of sp³-hybridized carbons (Fsp3) is 0.185. The van der Waals surface area contributed by atoms with Crippen molar-refractivity contribution in [1.82, 2.24) is 14.9 Å². The number of nitro groups is 1. The molecule has 2 heterocycles. The van der Waals surface area contributed by atoms with Crippen LogP contribution in [0.2, 0.25) is 5.02 Å². The lowest BCUT2D eigenvalue weighted by atomic mass is 9.96. The lowest BCUT2D eigenvalue weighted by Crippen LogP contribution is -2.48. The number of piperazine rings is 1. The van der Waals surface area contributed by atoms with Crippen LogP contribution in [0.4, 0.5) is 23.0 Å². The second kappa shape index (κ2) is 10.7. The Morgan fingerprint density at radius 1 is 0.833 bits per heavy atom. The number of anilines is 3. The molecule has 0 aliphatic carbocycles. The maximum absolute atomic E-state index is 12.1. The van der Waals surface area contributed by atoms with Gasteiger partial charge in [0.25, 0.3) is 0 Å². The molecule has 182 valence electrons. The normalized spacial score (nSPS) is 14.1. The fourth-order valence-corrected chi connectivity index (χ4v) is 4.81. The summed E-state index contributed by atoms with van der Waals surface area (Å²) >= 11 is 6.25. The standard InChI is InChI=1S/C27H25ClN6O2/c28-22-13-7-8-14-23(22)31-26-25(34(35)36)27(30-19-29-26)33-17-15-32(16-18-33)24(20-9-3-1-4-10-20)21-11-5-2-6-12-21/h1-14,19,24H,15-18H2,(H,29,30,31). The van der Waals surface area contributed by atoms with Crippen molar-refractivity contribution in [2.24, 2.45) is 0 Å². The van der Waals surface area contributed by atoms with Gasteiger partial charge in [-0.05, 0) is 23.3 Å². The van der Waals surface area contributed by atoms with Crippen LogP contribution in [-0.2, 0) is 0 Å². The molecule has 0 radical (unpaired) electrons. The van der Waals surface area contributed by atoms with Gasteiger partial charge in [-0.25, -0.2) is 9.97 Å². The van der Waals surface area contributed by atoms with Gasteiger partial charge in [-0.3, -0.25) is 15.0 Å². The number of halogens is 1. The first-order valence-electron chi connectivity index (χ1n) is 11.7. The average molecular weight is 501 g/mol. The summed E-state index contributed by atoms with van der Waals surface area (Å²) in [6.45, 7) is 2.64. The molecule has 36 heavy (non-hydrogen) atoms. The van der Waals surface area contributed by atoms with Gasteiger partial charge in [0.15, 0.2) is 0 Å². The Hall–Kier alpha value is -4.01. The molecule has 0 spiro atoms. The SMILES string of the molecule is O=[N+]([O-])c1c(Nc2ccccc2Cl)ncnc1N1CCN(C(c2ccccc2)c2ccccc2)CC1. The number of benzene rings is 3. The monoisotopic (exact) mass is 500 g/mol. The topological polar surface area (TPSA) is 87.4 Å². The zero-order valence-electron chi connectivity index (χ0n) is 19.5. The summed E-state index contributed by atoms with van der Waals surface area (Å²) in [5.41, 5.74) is 2.83. The van der Waals surface area contributed by atoms with Gasteiger partial charge in [-0.1, -0.05) is 84.4 Å². The van der Waals surface area contributed by atoms with Gasteiger partial charge in [0.1, 0.15) is 6.33 Å². The first-order valence-corrected chi connectivity index (χ1v) is 12.1. The van der Waals surface area contributed by atoms with Gasteiger partial charge < -0.3 is 10.2 Å². The average Bonchev–Trinajstić information content (AvgIpc) is 2.91. The summed E-state index contributed by atoms with van der Waals surface area (Å²) in [7, 11) is 0. The van der Waals surface area contributed by atoms with Crippen LogP contribution in [0.25, 0.3) is 0 Å². The molecule has 1 aliphatic rings. The summed E-state index contributed by atoms with van der Waals surface area (Å²) in [6.07, 6.45) is 1.35. The highest BCUT2D eigenvalue weighted by molar-refractivity contribution is 6.33. The Balaban J connectivity index is 1.40. The molecule has 1 aliphatic heterocycles. The van der Waals surface area contributed by atoms with Crippen molar-refractivity contribution < 1.29 is 4.92 Å². The molecular formula is C27H25ClN6O2. The number of nitrogens with one attached hydrogen (secondary N) is 1. The van der Waals surface area contributed by atoms with E-state index in [2.05, 4.69) is 68.7 Å². The van der Waals surface area contributed by atoms with Gasteiger partial charge >= 0.3 is 5.69 Å². The summed E-state index contributed by atoms with van der Waals surface area (Å²) in [5.74, 6) is 0.423. The second-order valence-electron chi connectivity index (χ2n) is 8.50. The van der Waals surface area contributed by atoms with E-state index in [1.54, 1.807) is 24.3 Å². The van der Waals surface area contributed by atoms with E-state index in [0.717, 1.165) is 13.1 Å². The van der Waals surface area contributed by atoms with Crippen LogP contribution < -0.4 is 10.2 Å². The quantitative estimate of drug-likeness (QED) is 0.257. The van der Waals surface area contributed by atoms with E-state index in [-0.39, 0.29) is 17.5 Å². The van der Waals surface area contributed by atoms with E-state index in [1.807, 2.05) is 17.0 Å². The van der Waals surface area contributed by atoms with E-state index in [1.165, 1.54) is 17.5 Å². The minimum atomic E-state index is -0.433. The molecule has 4 aromatic rings. The Labute approximate surface area is 214 Å². The highest BCUT2D eigenvalue weighted by Crippen LogP contribution is 2.36. The molecule has 0 atom stereocenters. The van der Waals surface area contributed by atoms with Crippen LogP contribution in [0.1, 0.15) is 17.2 Å². The van der Waals surface area contributed by atoms with Crippen molar-refractivity contribution in [1.29, 1.82) is 0 Å². The van der Waals surface area contributed by atoms with Crippen molar-refractivity contribution in [3.63, 3.8) is 0 Å². The highest BCUT2D eigenvalue weighted by atomic mass is 35.5. The molecular weight excluding hydrogens is 476 g/mol. The third kappa shape index (κ3) is 5.00. The van der Waals surface area contributed by atoms with E-state index in [9.17, 15) is 10.1 Å². The smallest absolute Gasteiger partial charge is 0.348 e. The maximum Gasteiger partial charge on any atom is 0.353 e. The molecule has 1 fully saturated rings. The summed E-state index contributed by atoms with van der Waals surface area (Å²) < 4.78 is 0. The summed E-state index contributed by atoms with van der Waals surface area (Å²) in [6, 6.07) is 28.0. The molecule has 0 amide bonds. The summed E-state index contributed by atoms with van der Waals surface area (Å²) in [4.78, 5) is 24.5. The first-order chi connectivity index (χ1) is 17.6. The van der Waals surface area contributed by atoms with E-state index in [0.29, 0.717) is 29.6 Å². The molecule has 1 N–H and O–H groups in total. The van der Waals surface area contributed by atoms with Gasteiger partial charge in [-0.15, -0.1) is 0 Å². The molecule has 1 aromatic heterocycles. The van der Waals surface area contributed by atoms with Crippen molar-refractivity contribution in [2.45, 2.75) is 6.04 Å². The number of nitrogens with zero attached hydrogens (tertiary/aromatic N) is 5. The molecule has 8 nitrogen and oxygen atoms in total. The van der Waals surface area contributed by atoms with Gasteiger partial charge in [0, 0.05) is 26.2 Å². The largest absolute Gasteiger partial charge is 0.353 e. The molecule has 0 unspecified atom stereocenters. The molecule has 3 aromatic carbocycles. The zero-order valence-corrected chi connectivity index (χ0v) is 20.3. The minimum Gasteiger partial charge on any atom is -0.348 e. The Bertz CT molecular complexity index is 1290. The Morgan fingerprint density at radius 2 is 1.42 bits per heavy atom. The summed E-state index contributed by atoms with van der Waals surface area (Å²) in [5, 5.41) is 15.6. The number of hydrogen-bond donors (Lipinski definition) is 1. The van der Waals surface area contributed by atoms with Crippen LogP contribution in [0, 0.1) is 10.1 Å². The molecule has 9 heteroatoms. The number of para-hydroxylation sites is 1. The van der Waals surface area contributed by atoms with Crippen LogP contribution in [-0.4, -0.2) is 46.0 Å². The van der Waals surface area contributed by atoms with Crippen molar-refractivity contribution in [2.75, 3.05) is 36.4 Å². The van der Waals surface area contributed by atoms with Crippen LogP contribution in [0.5, 0.6) is 0 Å². The third-order valence-electron chi connectivity index (χ3n) is 6.32. The lowest BCUT2D eigenvalue weighted by Gasteiger charge is -2.40. The first kappa shape index (κ1) is 23.7. The molecule has 0 bridgehead atoms. The lowest BCUT2D eigenvalue weighted by molar-refractivity contribution is -0.383. The van der Waals surface area contributed by atoms with Crippen molar-refractivity contribution >= 4 is 34.6 Å². The highest BCUT2D eigenvalue weighted by Gasteiger charge is 2.32. The predicted molar refractivity (Wildman–Crippen MR) is 142 cm³/mol. The minimum absolute atomic E-state index is 0.104. The van der Waals surface area contributed by atoms with Crippen molar-refractivity contribution in [3.8, 4) is 0 Å². The fourth-order valence-electron chi connectivity index (χ4n) is 4.63. The molecule has 5 rings (SSSR count). The number of hydrogen-bond acceptors (Lipinski definition) is 7. The zero-order chi connectivity index (χ0) is 24.9. The number of aromatic nitrogens is 2. The van der Waals surface area contributed by atoms with Gasteiger partial charge in [-0.2, -0.15) is 0 Å². The second-order valence-corrected chi connectivity index (χ2v) is 8.91. The number of rotatable bonds is 7. The van der Waals surface area contributed by atoms with Crippen LogP contribution in [0.15, 0.2) is 91.3 Å². The van der Waals surface area contributed by atoms with E-state index in [4.69, 9.17) is 11.6 Å². The molecule has 1 saturated heterocycles. The van der Waals surface area contributed by atoms with Crippen LogP contribution >= 0.6 is 11.6 Å². The Kier molecular flexibility index (Phi) is 7.06. The van der Waals surface area contributed by atoms with Gasteiger partial charge in [0.2, 0.25) is 11.6 Å². The predicted octanol–water partition coefficient (Wildman–Crippen LogP) is 5.69. The molecule has 0 saturated carbocycles. The third-order valence-corrected chi connectivity index (χ3v) is 6.65. The van der Waals surface area contributed by atoms with Gasteiger partial charge in [0.05, 0.1) is 21.7 Å². The Morgan fingerprint density at radius 3 is 2.00 bits per heavy atom. The maximum atomic E-state index is 12.1. The van der Waals surface area contributed by atoms with E-state index < -0.39 is 4.92 Å². The van der Waals surface area contributed by atoms with E-state index >= 15 is 0 Å². The van der Waals surface area contributed by atoms with Crippen molar-refractivity contribution in [3.05, 3.63) is 118 Å². The van der Waals surface area contributed by atoms with Crippen LogP contribution in [0.3, 0.4) is 0 Å².